The van der Waals surface area contributed by atoms with E-state index in [1.165, 1.54) is 35.4 Å². The Morgan fingerprint density at radius 3 is 2.39 bits per heavy atom. The minimum atomic E-state index is -3.31. The van der Waals surface area contributed by atoms with Crippen molar-refractivity contribution in [2.24, 2.45) is 0 Å². The average Bonchev–Trinajstić information content (AvgIpc) is 3.28. The monoisotopic (exact) mass is 442 g/mol. The van der Waals surface area contributed by atoms with Crippen LogP contribution in [0.4, 0.5) is 5.69 Å². The maximum Gasteiger partial charge on any atom is 0.264 e. The molecule has 31 heavy (non-hydrogen) atoms. The maximum atomic E-state index is 12.6. The van der Waals surface area contributed by atoms with Crippen LogP contribution in [0.3, 0.4) is 0 Å². The Bertz CT molecular complexity index is 1150. The molecule has 1 N–H and O–H groups in total. The molecule has 0 fully saturated rings. The number of carbonyl (C=O) groups is 2. The van der Waals surface area contributed by atoms with Crippen LogP contribution < -0.4 is 15.0 Å². The van der Waals surface area contributed by atoms with Gasteiger partial charge in [0.05, 0.1) is 29.0 Å². The third kappa shape index (κ3) is 5.73. The van der Waals surface area contributed by atoms with Gasteiger partial charge in [0.15, 0.2) is 16.4 Å². The van der Waals surface area contributed by atoms with Crippen LogP contribution in [0.2, 0.25) is 0 Å². The summed E-state index contributed by atoms with van der Waals surface area (Å²) in [7, 11) is -1.75. The van der Waals surface area contributed by atoms with Gasteiger partial charge in [-0.3, -0.25) is 9.59 Å². The molecular formula is C22H22N2O6S. The van der Waals surface area contributed by atoms with E-state index in [9.17, 15) is 18.0 Å². The molecule has 1 heterocycles. The summed E-state index contributed by atoms with van der Waals surface area (Å²) >= 11 is 0. The Kier molecular flexibility index (Phi) is 6.76. The Labute approximate surface area is 180 Å². The lowest BCUT2D eigenvalue weighted by atomic mass is 10.1. The van der Waals surface area contributed by atoms with Crippen molar-refractivity contribution in [3.63, 3.8) is 0 Å². The van der Waals surface area contributed by atoms with Crippen LogP contribution in [0, 0.1) is 0 Å². The molecule has 2 amide bonds. The summed E-state index contributed by atoms with van der Waals surface area (Å²) in [5.74, 6) is 0.256. The number of amides is 2. The summed E-state index contributed by atoms with van der Waals surface area (Å²) in [5.41, 5.74) is 0.767. The van der Waals surface area contributed by atoms with E-state index in [0.29, 0.717) is 22.8 Å². The van der Waals surface area contributed by atoms with Crippen LogP contribution in [0.15, 0.2) is 76.2 Å². The Hall–Kier alpha value is -3.59. The molecule has 3 rings (SSSR count). The second-order valence-electron chi connectivity index (χ2n) is 6.76. The lowest BCUT2D eigenvalue weighted by Crippen LogP contribution is -2.33. The number of likely N-dealkylation sites (N-methyl/N-ethyl adjacent to an activating group) is 1. The van der Waals surface area contributed by atoms with E-state index in [1.54, 1.807) is 43.4 Å². The standard InChI is InChI=1S/C22H22N2O6S/c1-24(21(25)15-30-16-9-11-18(12-10-16)31(2,27)28)20-8-4-3-7-19(20)22(26)23-14-17-6-5-13-29-17/h3-13H,14-15H2,1-2H3,(H,23,26). The Morgan fingerprint density at radius 2 is 1.74 bits per heavy atom. The number of nitrogens with one attached hydrogen (secondary N) is 1. The molecule has 0 saturated carbocycles. The summed E-state index contributed by atoms with van der Waals surface area (Å²) < 4.78 is 33.7. The van der Waals surface area contributed by atoms with Gasteiger partial charge in [-0.2, -0.15) is 0 Å². The quantitative estimate of drug-likeness (QED) is 0.575. The second kappa shape index (κ2) is 9.48. The zero-order chi connectivity index (χ0) is 22.4. The van der Waals surface area contributed by atoms with Gasteiger partial charge in [0.2, 0.25) is 0 Å². The molecule has 2 aromatic carbocycles. The fourth-order valence-corrected chi connectivity index (χ4v) is 3.42. The highest BCUT2D eigenvalue weighted by Gasteiger charge is 2.19. The third-order valence-corrected chi connectivity index (χ3v) is 5.63. The van der Waals surface area contributed by atoms with Crippen LogP contribution in [0.25, 0.3) is 0 Å². The summed E-state index contributed by atoms with van der Waals surface area (Å²) in [5, 5.41) is 2.76. The minimum absolute atomic E-state index is 0.165. The zero-order valence-electron chi connectivity index (χ0n) is 17.1. The molecule has 1 aromatic heterocycles. The molecule has 8 nitrogen and oxygen atoms in total. The van der Waals surface area contributed by atoms with Crippen LogP contribution in [0.1, 0.15) is 16.1 Å². The van der Waals surface area contributed by atoms with Crippen molar-refractivity contribution < 1.29 is 27.2 Å². The Morgan fingerprint density at radius 1 is 1.03 bits per heavy atom. The number of hydrogen-bond acceptors (Lipinski definition) is 6. The second-order valence-corrected chi connectivity index (χ2v) is 8.78. The molecule has 0 spiro atoms. The highest BCUT2D eigenvalue weighted by molar-refractivity contribution is 7.90. The van der Waals surface area contributed by atoms with Crippen molar-refractivity contribution in [3.8, 4) is 5.75 Å². The van der Waals surface area contributed by atoms with E-state index in [-0.39, 0.29) is 29.9 Å². The predicted molar refractivity (Wildman–Crippen MR) is 115 cm³/mol. The lowest BCUT2D eigenvalue weighted by Gasteiger charge is -2.20. The number of anilines is 1. The van der Waals surface area contributed by atoms with E-state index in [4.69, 9.17) is 9.15 Å². The van der Waals surface area contributed by atoms with Gasteiger partial charge in [0.25, 0.3) is 11.8 Å². The molecule has 0 aliphatic carbocycles. The van der Waals surface area contributed by atoms with E-state index >= 15 is 0 Å². The van der Waals surface area contributed by atoms with Crippen molar-refractivity contribution >= 4 is 27.3 Å². The number of ether oxygens (including phenoxy) is 1. The highest BCUT2D eigenvalue weighted by atomic mass is 32.2. The first-order chi connectivity index (χ1) is 14.8. The van der Waals surface area contributed by atoms with Crippen LogP contribution in [-0.2, 0) is 21.2 Å². The van der Waals surface area contributed by atoms with Gasteiger partial charge in [-0.05, 0) is 48.5 Å². The maximum absolute atomic E-state index is 12.6. The fourth-order valence-electron chi connectivity index (χ4n) is 2.79. The molecule has 9 heteroatoms. The van der Waals surface area contributed by atoms with Gasteiger partial charge in [0.1, 0.15) is 11.5 Å². The summed E-state index contributed by atoms with van der Waals surface area (Å²) in [6, 6.07) is 16.0. The number of sulfone groups is 1. The van der Waals surface area contributed by atoms with Crippen LogP contribution in [0.5, 0.6) is 5.75 Å². The predicted octanol–water partition coefficient (Wildman–Crippen LogP) is 2.65. The molecule has 0 atom stereocenters. The van der Waals surface area contributed by atoms with E-state index in [2.05, 4.69) is 5.32 Å². The molecule has 0 saturated heterocycles. The van der Waals surface area contributed by atoms with E-state index < -0.39 is 9.84 Å². The van der Waals surface area contributed by atoms with Gasteiger partial charge in [0, 0.05) is 13.3 Å². The van der Waals surface area contributed by atoms with Crippen molar-refractivity contribution in [1.82, 2.24) is 5.32 Å². The van der Waals surface area contributed by atoms with Gasteiger partial charge in [-0.1, -0.05) is 12.1 Å². The molecule has 162 valence electrons. The number of hydrogen-bond donors (Lipinski definition) is 1. The Balaban J connectivity index is 1.64. The average molecular weight is 442 g/mol. The summed E-state index contributed by atoms with van der Waals surface area (Å²) in [4.78, 5) is 26.7. The first kappa shape index (κ1) is 22.1. The van der Waals surface area contributed by atoms with Crippen molar-refractivity contribution in [1.29, 1.82) is 0 Å². The van der Waals surface area contributed by atoms with E-state index in [1.807, 2.05) is 0 Å². The number of benzene rings is 2. The molecule has 3 aromatic rings. The lowest BCUT2D eigenvalue weighted by molar-refractivity contribution is -0.120. The fraction of sp³-hybridized carbons (Fsp3) is 0.182. The third-order valence-electron chi connectivity index (χ3n) is 4.50. The van der Waals surface area contributed by atoms with Crippen LogP contribution in [-0.4, -0.2) is 40.1 Å². The zero-order valence-corrected chi connectivity index (χ0v) is 17.9. The molecule has 0 aliphatic heterocycles. The number of rotatable bonds is 8. The van der Waals surface area contributed by atoms with Gasteiger partial charge in [-0.25, -0.2) is 8.42 Å². The normalized spacial score (nSPS) is 11.0. The number of nitrogens with zero attached hydrogens (tertiary/aromatic N) is 1. The number of para-hydroxylation sites is 1. The molecule has 0 unspecified atom stereocenters. The molecule has 0 bridgehead atoms. The van der Waals surface area contributed by atoms with Gasteiger partial charge in [-0.15, -0.1) is 0 Å². The topological polar surface area (TPSA) is 106 Å². The largest absolute Gasteiger partial charge is 0.484 e. The SMILES string of the molecule is CN(C(=O)COc1ccc(S(C)(=O)=O)cc1)c1ccccc1C(=O)NCc1ccco1. The molecule has 0 aliphatic rings. The van der Waals surface area contributed by atoms with Crippen molar-refractivity contribution in [2.75, 3.05) is 24.8 Å². The van der Waals surface area contributed by atoms with E-state index in [0.717, 1.165) is 6.26 Å². The smallest absolute Gasteiger partial charge is 0.264 e. The summed E-state index contributed by atoms with van der Waals surface area (Å²) in [6.07, 6.45) is 2.64. The van der Waals surface area contributed by atoms with Crippen molar-refractivity contribution in [2.45, 2.75) is 11.4 Å². The van der Waals surface area contributed by atoms with Crippen molar-refractivity contribution in [3.05, 3.63) is 78.3 Å². The molecular weight excluding hydrogens is 420 g/mol. The molecule has 0 radical (unpaired) electrons. The first-order valence-electron chi connectivity index (χ1n) is 9.35. The summed E-state index contributed by atoms with van der Waals surface area (Å²) in [6.45, 7) is -0.0541. The van der Waals surface area contributed by atoms with Gasteiger partial charge >= 0.3 is 0 Å². The first-order valence-corrected chi connectivity index (χ1v) is 11.2. The van der Waals surface area contributed by atoms with Gasteiger partial charge < -0.3 is 19.4 Å². The number of furan rings is 1. The highest BCUT2D eigenvalue weighted by Crippen LogP contribution is 2.20. The number of carbonyl (C=O) groups excluding carboxylic acids is 2. The minimum Gasteiger partial charge on any atom is -0.484 e. The van der Waals surface area contributed by atoms with Crippen LogP contribution >= 0.6 is 0 Å².